The molecule has 0 bridgehead atoms. The molecule has 3 heteroatoms. The summed E-state index contributed by atoms with van der Waals surface area (Å²) < 4.78 is 5.36. The predicted octanol–water partition coefficient (Wildman–Crippen LogP) is 1.38. The van der Waals surface area contributed by atoms with Gasteiger partial charge in [0.05, 0.1) is 12.2 Å². The van der Waals surface area contributed by atoms with Crippen molar-refractivity contribution in [1.29, 1.82) is 5.26 Å². The molecule has 0 saturated carbocycles. The second-order valence-electron chi connectivity index (χ2n) is 2.61. The van der Waals surface area contributed by atoms with Crippen molar-refractivity contribution in [3.63, 3.8) is 0 Å². The molecule has 1 unspecified atom stereocenters. The third-order valence-electron chi connectivity index (χ3n) is 1.78. The van der Waals surface area contributed by atoms with Gasteiger partial charge in [0.25, 0.3) is 0 Å². The fourth-order valence-electron chi connectivity index (χ4n) is 1.19. The maximum atomic E-state index is 8.60. The zero-order valence-electron chi connectivity index (χ0n) is 6.45. The summed E-state index contributed by atoms with van der Waals surface area (Å²) in [5, 5.41) is 11.7. The highest BCUT2D eigenvalue weighted by Crippen LogP contribution is 2.27. The Morgan fingerprint density at radius 1 is 1.50 bits per heavy atom. The van der Waals surface area contributed by atoms with Crippen LogP contribution in [0, 0.1) is 11.3 Å². The van der Waals surface area contributed by atoms with Gasteiger partial charge in [-0.3, -0.25) is 0 Å². The lowest BCUT2D eigenvalue weighted by molar-refractivity contribution is 0.260. The van der Waals surface area contributed by atoms with Crippen molar-refractivity contribution in [3.8, 4) is 11.8 Å². The highest BCUT2D eigenvalue weighted by atomic mass is 16.5. The fourth-order valence-corrected chi connectivity index (χ4v) is 1.19. The number of rotatable bonds is 0. The van der Waals surface area contributed by atoms with Gasteiger partial charge in [-0.05, 0) is 12.1 Å². The Labute approximate surface area is 70.6 Å². The van der Waals surface area contributed by atoms with Crippen molar-refractivity contribution in [2.75, 3.05) is 11.9 Å². The minimum absolute atomic E-state index is 0.361. The zero-order chi connectivity index (χ0) is 8.39. The topological polar surface area (TPSA) is 45.0 Å². The van der Waals surface area contributed by atoms with Crippen LogP contribution in [0.25, 0.3) is 0 Å². The molecule has 0 saturated heterocycles. The number of nitrogens with zero attached hydrogens (tertiary/aromatic N) is 1. The van der Waals surface area contributed by atoms with E-state index >= 15 is 0 Å². The van der Waals surface area contributed by atoms with Crippen LogP contribution in [0.1, 0.15) is 0 Å². The van der Waals surface area contributed by atoms with E-state index in [4.69, 9.17) is 10.00 Å². The van der Waals surface area contributed by atoms with Gasteiger partial charge in [-0.15, -0.1) is 0 Å². The van der Waals surface area contributed by atoms with Crippen LogP contribution in [0.5, 0.6) is 5.75 Å². The molecule has 1 N–H and O–H groups in total. The number of para-hydroxylation sites is 2. The Balaban J connectivity index is 2.30. The molecule has 0 radical (unpaired) electrons. The third kappa shape index (κ3) is 1.08. The summed E-state index contributed by atoms with van der Waals surface area (Å²) in [4.78, 5) is 0. The molecule has 1 aliphatic rings. The van der Waals surface area contributed by atoms with Crippen LogP contribution in [0.4, 0.5) is 5.69 Å². The molecule has 0 aromatic heterocycles. The minimum atomic E-state index is -0.361. The van der Waals surface area contributed by atoms with E-state index in [0.29, 0.717) is 6.54 Å². The first-order valence-electron chi connectivity index (χ1n) is 3.79. The molecule has 0 aliphatic carbocycles. The number of hydrogen-bond donors (Lipinski definition) is 1. The number of anilines is 1. The monoisotopic (exact) mass is 160 g/mol. The molecule has 1 atom stereocenters. The molecule has 1 heterocycles. The number of hydrogen-bond acceptors (Lipinski definition) is 3. The number of nitriles is 1. The predicted molar refractivity (Wildman–Crippen MR) is 45.0 cm³/mol. The third-order valence-corrected chi connectivity index (χ3v) is 1.78. The summed E-state index contributed by atoms with van der Waals surface area (Å²) in [6.45, 7) is 0.563. The lowest BCUT2D eigenvalue weighted by Gasteiger charge is -2.22. The van der Waals surface area contributed by atoms with E-state index in [-0.39, 0.29) is 6.10 Å². The van der Waals surface area contributed by atoms with Gasteiger partial charge in [0.2, 0.25) is 6.10 Å². The van der Waals surface area contributed by atoms with Gasteiger partial charge in [0.15, 0.2) is 0 Å². The van der Waals surface area contributed by atoms with Crippen LogP contribution in [-0.2, 0) is 0 Å². The van der Waals surface area contributed by atoms with E-state index in [2.05, 4.69) is 11.4 Å². The molecule has 60 valence electrons. The molecular weight excluding hydrogens is 152 g/mol. The maximum Gasteiger partial charge on any atom is 0.201 e. The first-order chi connectivity index (χ1) is 5.90. The van der Waals surface area contributed by atoms with Crippen molar-refractivity contribution in [1.82, 2.24) is 0 Å². The highest BCUT2D eigenvalue weighted by molar-refractivity contribution is 5.58. The molecule has 0 spiro atoms. The average Bonchev–Trinajstić information content (AvgIpc) is 2.17. The second-order valence-corrected chi connectivity index (χ2v) is 2.61. The number of ether oxygens (including phenoxy) is 1. The summed E-state index contributed by atoms with van der Waals surface area (Å²) in [5.41, 5.74) is 0.962. The standard InChI is InChI=1S/C9H8N2O/c10-5-7-6-11-8-3-1-2-4-9(8)12-7/h1-4,7,11H,6H2. The lowest BCUT2D eigenvalue weighted by Crippen LogP contribution is -2.28. The van der Waals surface area contributed by atoms with Crippen LogP contribution < -0.4 is 10.1 Å². The van der Waals surface area contributed by atoms with E-state index in [0.717, 1.165) is 11.4 Å². The van der Waals surface area contributed by atoms with Crippen LogP contribution in [0.15, 0.2) is 24.3 Å². The first kappa shape index (κ1) is 6.99. The largest absolute Gasteiger partial charge is 0.472 e. The Hall–Kier alpha value is -1.69. The molecule has 1 aromatic carbocycles. The van der Waals surface area contributed by atoms with Crippen LogP contribution in [-0.4, -0.2) is 12.6 Å². The fraction of sp³-hybridized carbons (Fsp3) is 0.222. The number of nitrogens with one attached hydrogen (secondary N) is 1. The quantitative estimate of drug-likeness (QED) is 0.623. The van der Waals surface area contributed by atoms with E-state index in [1.165, 1.54) is 0 Å². The smallest absolute Gasteiger partial charge is 0.201 e. The van der Waals surface area contributed by atoms with Gasteiger partial charge < -0.3 is 10.1 Å². The molecule has 0 amide bonds. The molecule has 12 heavy (non-hydrogen) atoms. The Morgan fingerprint density at radius 2 is 2.33 bits per heavy atom. The van der Waals surface area contributed by atoms with E-state index < -0.39 is 0 Å². The van der Waals surface area contributed by atoms with Crippen LogP contribution >= 0.6 is 0 Å². The number of benzene rings is 1. The summed E-state index contributed by atoms with van der Waals surface area (Å²) in [6.07, 6.45) is -0.361. The van der Waals surface area contributed by atoms with Crippen molar-refractivity contribution in [2.45, 2.75) is 6.10 Å². The summed E-state index contributed by atoms with van der Waals surface area (Å²) >= 11 is 0. The van der Waals surface area contributed by atoms with Crippen LogP contribution in [0.2, 0.25) is 0 Å². The molecular formula is C9H8N2O. The van der Waals surface area contributed by atoms with Gasteiger partial charge in [-0.25, -0.2) is 0 Å². The lowest BCUT2D eigenvalue weighted by atomic mass is 10.2. The Morgan fingerprint density at radius 3 is 3.17 bits per heavy atom. The Kier molecular flexibility index (Phi) is 1.60. The Bertz CT molecular complexity index is 330. The minimum Gasteiger partial charge on any atom is -0.472 e. The van der Waals surface area contributed by atoms with Gasteiger partial charge in [-0.2, -0.15) is 5.26 Å². The highest BCUT2D eigenvalue weighted by Gasteiger charge is 2.16. The van der Waals surface area contributed by atoms with E-state index in [1.807, 2.05) is 24.3 Å². The molecule has 2 rings (SSSR count). The maximum absolute atomic E-state index is 8.60. The second kappa shape index (κ2) is 2.74. The van der Waals surface area contributed by atoms with Crippen molar-refractivity contribution >= 4 is 5.69 Å². The summed E-state index contributed by atoms with van der Waals surface area (Å²) in [5.74, 6) is 0.760. The average molecular weight is 160 g/mol. The van der Waals surface area contributed by atoms with Gasteiger partial charge in [-0.1, -0.05) is 12.1 Å². The zero-order valence-corrected chi connectivity index (χ0v) is 6.45. The SMILES string of the molecule is N#CC1CNc2ccccc2O1. The van der Waals surface area contributed by atoms with E-state index in [9.17, 15) is 0 Å². The molecule has 1 aromatic rings. The van der Waals surface area contributed by atoms with Gasteiger partial charge in [0.1, 0.15) is 11.8 Å². The summed E-state index contributed by atoms with van der Waals surface area (Å²) in [6, 6.07) is 9.67. The van der Waals surface area contributed by atoms with Gasteiger partial charge >= 0.3 is 0 Å². The molecule has 0 fully saturated rings. The number of fused-ring (bicyclic) bond motifs is 1. The van der Waals surface area contributed by atoms with Gasteiger partial charge in [0, 0.05) is 0 Å². The van der Waals surface area contributed by atoms with Crippen molar-refractivity contribution in [3.05, 3.63) is 24.3 Å². The summed E-state index contributed by atoms with van der Waals surface area (Å²) in [7, 11) is 0. The van der Waals surface area contributed by atoms with E-state index in [1.54, 1.807) is 0 Å². The van der Waals surface area contributed by atoms with Crippen molar-refractivity contribution < 1.29 is 4.74 Å². The molecule has 1 aliphatic heterocycles. The normalized spacial score (nSPS) is 19.8. The van der Waals surface area contributed by atoms with Crippen LogP contribution in [0.3, 0.4) is 0 Å². The molecule has 3 nitrogen and oxygen atoms in total. The van der Waals surface area contributed by atoms with Crippen molar-refractivity contribution in [2.24, 2.45) is 0 Å². The first-order valence-corrected chi connectivity index (χ1v) is 3.79.